The lowest BCUT2D eigenvalue weighted by Gasteiger charge is -2.24. The fourth-order valence-electron chi connectivity index (χ4n) is 1.03. The largest absolute Gasteiger partial charge is 0.341 e. The van der Waals surface area contributed by atoms with E-state index >= 15 is 0 Å². The fraction of sp³-hybridized carbons (Fsp3) is 0.875. The molecule has 2 heteroatoms. The van der Waals surface area contributed by atoms with Crippen LogP contribution in [0.5, 0.6) is 0 Å². The molecule has 0 atom stereocenters. The minimum Gasteiger partial charge on any atom is -0.341 e. The van der Waals surface area contributed by atoms with Gasteiger partial charge in [-0.25, -0.2) is 0 Å². The molecular weight excluding hydrogens is 126 g/mol. The summed E-state index contributed by atoms with van der Waals surface area (Å²) in [4.78, 5) is 13.0. The van der Waals surface area contributed by atoms with Crippen LogP contribution in [0.15, 0.2) is 0 Å². The van der Waals surface area contributed by atoms with Crippen molar-refractivity contribution >= 4 is 5.91 Å². The number of carbonyl (C=O) groups is 1. The zero-order valence-electron chi connectivity index (χ0n) is 7.35. The Kier molecular flexibility index (Phi) is 4.08. The van der Waals surface area contributed by atoms with Crippen molar-refractivity contribution < 1.29 is 4.79 Å². The Balaban J connectivity index is 3.93. The van der Waals surface area contributed by atoms with Crippen LogP contribution >= 0.6 is 0 Å². The van der Waals surface area contributed by atoms with Crippen LogP contribution in [0.2, 0.25) is 0 Å². The van der Waals surface area contributed by atoms with Gasteiger partial charge in [-0.15, -0.1) is 0 Å². The smallest absolute Gasteiger partial charge is 0.222 e. The Labute approximate surface area is 63.2 Å². The molecule has 0 aromatic heterocycles. The molecule has 2 nitrogen and oxygen atoms in total. The predicted molar refractivity (Wildman–Crippen MR) is 42.8 cm³/mol. The van der Waals surface area contributed by atoms with Crippen molar-refractivity contribution in [1.29, 1.82) is 0 Å². The van der Waals surface area contributed by atoms with Crippen LogP contribution in [0, 0.1) is 0 Å². The van der Waals surface area contributed by atoms with E-state index in [9.17, 15) is 4.79 Å². The third-order valence-corrected chi connectivity index (χ3v) is 1.59. The molecule has 60 valence electrons. The third-order valence-electron chi connectivity index (χ3n) is 1.59. The van der Waals surface area contributed by atoms with E-state index < -0.39 is 0 Å². The molecule has 0 aliphatic rings. The van der Waals surface area contributed by atoms with E-state index in [1.54, 1.807) is 0 Å². The Hall–Kier alpha value is -0.530. The molecule has 0 saturated carbocycles. The molecule has 0 radical (unpaired) electrons. The van der Waals surface area contributed by atoms with E-state index in [1.165, 1.54) is 0 Å². The number of hydrogen-bond acceptors (Lipinski definition) is 1. The molecule has 0 unspecified atom stereocenters. The van der Waals surface area contributed by atoms with Crippen LogP contribution < -0.4 is 0 Å². The molecule has 10 heavy (non-hydrogen) atoms. The van der Waals surface area contributed by atoms with Gasteiger partial charge in [0.25, 0.3) is 0 Å². The van der Waals surface area contributed by atoms with Crippen molar-refractivity contribution in [2.24, 2.45) is 0 Å². The van der Waals surface area contributed by atoms with Gasteiger partial charge >= 0.3 is 0 Å². The van der Waals surface area contributed by atoms with Crippen molar-refractivity contribution in [2.75, 3.05) is 6.54 Å². The minimum atomic E-state index is 0.248. The molecule has 0 fully saturated rings. The van der Waals surface area contributed by atoms with Gasteiger partial charge in [-0.2, -0.15) is 0 Å². The Bertz CT molecular complexity index is 110. The van der Waals surface area contributed by atoms with Crippen molar-refractivity contribution in [2.45, 2.75) is 40.2 Å². The van der Waals surface area contributed by atoms with Crippen LogP contribution in [-0.2, 0) is 4.79 Å². The number of nitrogens with zero attached hydrogens (tertiary/aromatic N) is 1. The highest BCUT2D eigenvalue weighted by molar-refractivity contribution is 5.76. The fourth-order valence-corrected chi connectivity index (χ4v) is 1.03. The Morgan fingerprint density at radius 2 is 1.90 bits per heavy atom. The maximum atomic E-state index is 11.1. The lowest BCUT2D eigenvalue weighted by molar-refractivity contribution is -0.132. The van der Waals surface area contributed by atoms with Gasteiger partial charge in [0.05, 0.1) is 0 Å². The third kappa shape index (κ3) is 2.38. The van der Waals surface area contributed by atoms with E-state index in [-0.39, 0.29) is 5.91 Å². The summed E-state index contributed by atoms with van der Waals surface area (Å²) >= 11 is 0. The Morgan fingerprint density at radius 3 is 2.00 bits per heavy atom. The highest BCUT2D eigenvalue weighted by atomic mass is 16.2. The molecule has 0 aromatic rings. The molecule has 0 heterocycles. The molecule has 0 rings (SSSR count). The topological polar surface area (TPSA) is 20.3 Å². The highest BCUT2D eigenvalue weighted by Crippen LogP contribution is 1.99. The predicted octanol–water partition coefficient (Wildman–Crippen LogP) is 1.65. The van der Waals surface area contributed by atoms with Gasteiger partial charge in [-0.1, -0.05) is 6.92 Å². The number of carbonyl (C=O) groups excluding carboxylic acids is 1. The molecule has 1 amide bonds. The molecule has 0 saturated heterocycles. The summed E-state index contributed by atoms with van der Waals surface area (Å²) in [5.74, 6) is 0.248. The first-order valence-electron chi connectivity index (χ1n) is 3.92. The Morgan fingerprint density at radius 1 is 1.40 bits per heavy atom. The van der Waals surface area contributed by atoms with Gasteiger partial charge in [0, 0.05) is 19.0 Å². The van der Waals surface area contributed by atoms with Crippen molar-refractivity contribution in [3.05, 3.63) is 0 Å². The molecular formula is C8H17NO. The summed E-state index contributed by atoms with van der Waals surface area (Å²) in [7, 11) is 0. The summed E-state index contributed by atoms with van der Waals surface area (Å²) in [5.41, 5.74) is 0. The first-order valence-corrected chi connectivity index (χ1v) is 3.92. The van der Waals surface area contributed by atoms with Gasteiger partial charge in [-0.3, -0.25) is 4.79 Å². The van der Waals surface area contributed by atoms with Crippen molar-refractivity contribution in [3.63, 3.8) is 0 Å². The van der Waals surface area contributed by atoms with Gasteiger partial charge in [0.15, 0.2) is 0 Å². The second-order valence-electron chi connectivity index (χ2n) is 2.63. The van der Waals surface area contributed by atoms with E-state index in [0.29, 0.717) is 12.5 Å². The minimum absolute atomic E-state index is 0.248. The molecule has 0 aliphatic carbocycles. The summed E-state index contributed by atoms with van der Waals surface area (Å²) < 4.78 is 0. The van der Waals surface area contributed by atoms with Crippen LogP contribution in [-0.4, -0.2) is 23.4 Å². The van der Waals surface area contributed by atoms with Crippen LogP contribution in [0.25, 0.3) is 0 Å². The van der Waals surface area contributed by atoms with Crippen LogP contribution in [0.4, 0.5) is 0 Å². The van der Waals surface area contributed by atoms with Crippen LogP contribution in [0.1, 0.15) is 34.1 Å². The van der Waals surface area contributed by atoms with E-state index in [1.807, 2.05) is 32.6 Å². The molecule has 0 aliphatic heterocycles. The molecule has 0 N–H and O–H groups in total. The lowest BCUT2D eigenvalue weighted by atomic mass is 10.3. The number of hydrogen-bond donors (Lipinski definition) is 0. The van der Waals surface area contributed by atoms with E-state index in [2.05, 4.69) is 0 Å². The highest BCUT2D eigenvalue weighted by Gasteiger charge is 2.11. The second-order valence-corrected chi connectivity index (χ2v) is 2.63. The summed E-state index contributed by atoms with van der Waals surface area (Å²) in [5, 5.41) is 0. The molecule has 0 aromatic carbocycles. The van der Waals surface area contributed by atoms with E-state index in [4.69, 9.17) is 0 Å². The second kappa shape index (κ2) is 4.31. The van der Waals surface area contributed by atoms with Gasteiger partial charge < -0.3 is 4.90 Å². The lowest BCUT2D eigenvalue weighted by Crippen LogP contribution is -2.36. The zero-order valence-corrected chi connectivity index (χ0v) is 7.35. The summed E-state index contributed by atoms with van der Waals surface area (Å²) in [6, 6.07) is 0.345. The maximum absolute atomic E-state index is 11.1. The van der Waals surface area contributed by atoms with Gasteiger partial charge in [-0.05, 0) is 20.8 Å². The number of rotatable bonds is 3. The zero-order chi connectivity index (χ0) is 8.15. The first kappa shape index (κ1) is 9.47. The van der Waals surface area contributed by atoms with E-state index in [0.717, 1.165) is 6.54 Å². The normalized spacial score (nSPS) is 10.1. The molecule has 0 bridgehead atoms. The summed E-state index contributed by atoms with van der Waals surface area (Å²) in [6.45, 7) is 8.80. The average Bonchev–Trinajstić information content (AvgIpc) is 1.88. The van der Waals surface area contributed by atoms with Crippen LogP contribution in [0.3, 0.4) is 0 Å². The average molecular weight is 143 g/mol. The SMILES string of the molecule is CCC(=O)N(CC)C(C)C. The quantitative estimate of drug-likeness (QED) is 0.588. The summed E-state index contributed by atoms with van der Waals surface area (Å²) in [6.07, 6.45) is 0.617. The van der Waals surface area contributed by atoms with Gasteiger partial charge in [0.1, 0.15) is 0 Å². The van der Waals surface area contributed by atoms with Crippen molar-refractivity contribution in [3.8, 4) is 0 Å². The van der Waals surface area contributed by atoms with Crippen molar-refractivity contribution in [1.82, 2.24) is 4.90 Å². The maximum Gasteiger partial charge on any atom is 0.222 e. The molecule has 0 spiro atoms. The first-order chi connectivity index (χ1) is 4.63. The standard InChI is InChI=1S/C8H17NO/c1-5-8(10)9(6-2)7(3)4/h7H,5-6H2,1-4H3. The van der Waals surface area contributed by atoms with Gasteiger partial charge in [0.2, 0.25) is 5.91 Å². The monoisotopic (exact) mass is 143 g/mol. The number of amides is 1.